The first kappa shape index (κ1) is 42.0. The van der Waals surface area contributed by atoms with Crippen LogP contribution in [0.3, 0.4) is 0 Å². The predicted molar refractivity (Wildman–Crippen MR) is 181 cm³/mol. The maximum atomic E-state index is 16.4. The minimum Gasteiger partial charge on any atom is -0.508 e. The van der Waals surface area contributed by atoms with E-state index in [9.17, 15) is 36.2 Å². The van der Waals surface area contributed by atoms with E-state index in [1.807, 2.05) is 54.8 Å². The zero-order valence-corrected chi connectivity index (χ0v) is 29.3. The van der Waals surface area contributed by atoms with E-state index in [4.69, 9.17) is 35.0 Å². The number of aliphatic carboxylic acids is 2. The molecule has 6 rings (SSSR count). The van der Waals surface area contributed by atoms with Crippen LogP contribution >= 0.6 is 0 Å². The number of fused-ring (bicyclic) bond motifs is 4. The molecule has 2 atom stereocenters. The van der Waals surface area contributed by atoms with Crippen LogP contribution in [0.1, 0.15) is 33.6 Å². The van der Waals surface area contributed by atoms with E-state index in [-0.39, 0.29) is 54.3 Å². The standard InChI is InChI=1S/C30H33FN6O4.2C2HF3O2/c1-30(2,3)41-29(39)37-18-8-9-19(37)16-36(15-18)27-23-14-33-25(24(31)26(23)34-28(35-27)40-11-10-32)22-13-20(38)12-17-6-4-5-7-21(17)22;2*3-2(4,5)1(6)7/h4-7,12-14,18-19,38H,8-11,15-16,32H2,1-3H3;2*(H,6,7)/t18-,19+;;. The van der Waals surface area contributed by atoms with Crippen molar-refractivity contribution in [3.05, 3.63) is 48.4 Å². The number of alkyl halides is 6. The van der Waals surface area contributed by atoms with Crippen molar-refractivity contribution in [3.8, 4) is 23.0 Å². The number of piperazine rings is 1. The van der Waals surface area contributed by atoms with Gasteiger partial charge in [0.1, 0.15) is 35.0 Å². The van der Waals surface area contributed by atoms with Crippen molar-refractivity contribution < 1.29 is 69.9 Å². The third-order valence-corrected chi connectivity index (χ3v) is 7.97. The first-order valence-corrected chi connectivity index (χ1v) is 16.3. The number of benzene rings is 2. The van der Waals surface area contributed by atoms with Crippen LogP contribution < -0.4 is 15.4 Å². The second-order valence-corrected chi connectivity index (χ2v) is 13.1. The quantitative estimate of drug-likeness (QED) is 0.175. The van der Waals surface area contributed by atoms with Gasteiger partial charge in [-0.05, 0) is 56.5 Å². The molecule has 2 fully saturated rings. The molecule has 5 N–H and O–H groups in total. The van der Waals surface area contributed by atoms with Gasteiger partial charge in [0.05, 0.1) is 17.5 Å². The number of phenolic OH excluding ortho intramolecular Hbond substituents is 1. The third-order valence-electron chi connectivity index (χ3n) is 7.97. The van der Waals surface area contributed by atoms with Gasteiger partial charge in [0, 0.05) is 31.4 Å². The molecule has 14 nitrogen and oxygen atoms in total. The summed E-state index contributed by atoms with van der Waals surface area (Å²) < 4.78 is 91.2. The Morgan fingerprint density at radius 3 is 2.00 bits per heavy atom. The number of carboxylic acid groups (broad SMARTS) is 2. The normalized spacial score (nSPS) is 16.9. The lowest BCUT2D eigenvalue weighted by Crippen LogP contribution is -2.57. The van der Waals surface area contributed by atoms with Crippen LogP contribution in [0.15, 0.2) is 42.6 Å². The number of aromatic hydroxyl groups is 1. The number of anilines is 1. The lowest BCUT2D eigenvalue weighted by atomic mass is 10.00. The lowest BCUT2D eigenvalue weighted by molar-refractivity contribution is -0.193. The van der Waals surface area contributed by atoms with Gasteiger partial charge >= 0.3 is 36.4 Å². The molecule has 2 saturated heterocycles. The molecular formula is C34H35F7N6O8. The third kappa shape index (κ3) is 10.3. The van der Waals surface area contributed by atoms with E-state index in [1.165, 1.54) is 6.07 Å². The van der Waals surface area contributed by atoms with Crippen LogP contribution in [-0.2, 0) is 14.3 Å². The summed E-state index contributed by atoms with van der Waals surface area (Å²) >= 11 is 0. The van der Waals surface area contributed by atoms with Gasteiger partial charge in [-0.3, -0.25) is 9.88 Å². The van der Waals surface area contributed by atoms with Crippen molar-refractivity contribution >= 4 is 45.5 Å². The number of aromatic nitrogens is 3. The molecule has 0 saturated carbocycles. The molecule has 2 aromatic carbocycles. The lowest BCUT2D eigenvalue weighted by Gasteiger charge is -2.42. The molecule has 21 heteroatoms. The topological polar surface area (TPSA) is 202 Å². The molecule has 1 amide bonds. The Balaban J connectivity index is 0.000000410. The Hall–Kier alpha value is -5.73. The van der Waals surface area contributed by atoms with E-state index in [0.717, 1.165) is 23.6 Å². The van der Waals surface area contributed by atoms with Gasteiger partial charge in [0.2, 0.25) is 0 Å². The van der Waals surface area contributed by atoms with Gasteiger partial charge in [-0.2, -0.15) is 36.3 Å². The second kappa shape index (κ2) is 16.3. The van der Waals surface area contributed by atoms with Crippen molar-refractivity contribution in [1.82, 2.24) is 19.9 Å². The van der Waals surface area contributed by atoms with Crippen LogP contribution in [0.25, 0.3) is 32.9 Å². The smallest absolute Gasteiger partial charge is 0.490 e. The minimum atomic E-state index is -5.08. The number of ether oxygens (including phenoxy) is 2. The van der Waals surface area contributed by atoms with Crippen molar-refractivity contribution in [1.29, 1.82) is 0 Å². The van der Waals surface area contributed by atoms with Crippen LogP contribution in [0.2, 0.25) is 0 Å². The highest BCUT2D eigenvalue weighted by Gasteiger charge is 2.45. The molecule has 2 aromatic heterocycles. The van der Waals surface area contributed by atoms with Crippen LogP contribution in [-0.4, -0.2) is 109 Å². The monoisotopic (exact) mass is 788 g/mol. The summed E-state index contributed by atoms with van der Waals surface area (Å²) in [6.07, 6.45) is -7.25. The van der Waals surface area contributed by atoms with Crippen molar-refractivity contribution in [2.45, 2.75) is 63.7 Å². The Morgan fingerprint density at radius 1 is 0.909 bits per heavy atom. The number of carbonyl (C=O) groups excluding carboxylic acids is 1. The van der Waals surface area contributed by atoms with E-state index >= 15 is 4.39 Å². The van der Waals surface area contributed by atoms with E-state index < -0.39 is 35.7 Å². The fourth-order valence-electron chi connectivity index (χ4n) is 5.84. The molecule has 2 aliphatic rings. The maximum absolute atomic E-state index is 16.4. The molecule has 4 heterocycles. The average Bonchev–Trinajstić information content (AvgIpc) is 3.35. The highest BCUT2D eigenvalue weighted by Crippen LogP contribution is 2.39. The molecule has 2 aliphatic heterocycles. The number of pyridine rings is 1. The number of halogens is 7. The number of carbonyl (C=O) groups is 3. The molecule has 4 aromatic rings. The van der Waals surface area contributed by atoms with E-state index in [2.05, 4.69) is 15.0 Å². The average molecular weight is 789 g/mol. The minimum absolute atomic E-state index is 0.00803. The fraction of sp³-hybridized carbons (Fsp3) is 0.412. The molecule has 0 unspecified atom stereocenters. The number of carboxylic acids is 2. The van der Waals surface area contributed by atoms with Gasteiger partial charge in [-0.1, -0.05) is 24.3 Å². The summed E-state index contributed by atoms with van der Waals surface area (Å²) in [5.74, 6) is -5.66. The Morgan fingerprint density at radius 2 is 1.47 bits per heavy atom. The summed E-state index contributed by atoms with van der Waals surface area (Å²) in [4.78, 5) is 48.2. The number of nitrogens with two attached hydrogens (primary N) is 1. The van der Waals surface area contributed by atoms with Crippen LogP contribution in [0.4, 0.5) is 41.3 Å². The van der Waals surface area contributed by atoms with Crippen molar-refractivity contribution in [3.63, 3.8) is 0 Å². The SMILES string of the molecule is CC(C)(C)OC(=O)N1[C@@H]2CC[C@H]1CN(c1nc(OCCN)nc3c(F)c(-c4cc(O)cc5ccccc45)ncc13)C2.O=C(O)C(F)(F)F.O=C(O)C(F)(F)F. The summed E-state index contributed by atoms with van der Waals surface area (Å²) in [6.45, 7) is 6.97. The zero-order valence-electron chi connectivity index (χ0n) is 29.3. The zero-order chi connectivity index (χ0) is 41.0. The molecule has 298 valence electrons. The number of phenols is 1. The molecule has 55 heavy (non-hydrogen) atoms. The van der Waals surface area contributed by atoms with Gasteiger partial charge in [0.25, 0.3) is 0 Å². The summed E-state index contributed by atoms with van der Waals surface area (Å²) in [5.41, 5.74) is 5.63. The van der Waals surface area contributed by atoms with Crippen LogP contribution in [0.5, 0.6) is 11.8 Å². The number of rotatable bonds is 5. The highest BCUT2D eigenvalue weighted by atomic mass is 19.4. The second-order valence-electron chi connectivity index (χ2n) is 13.1. The van der Waals surface area contributed by atoms with Crippen LogP contribution in [0, 0.1) is 5.82 Å². The molecule has 2 bridgehead atoms. The van der Waals surface area contributed by atoms with Gasteiger partial charge in [0.15, 0.2) is 5.82 Å². The van der Waals surface area contributed by atoms with E-state index in [1.54, 1.807) is 12.3 Å². The predicted octanol–water partition coefficient (Wildman–Crippen LogP) is 5.88. The first-order chi connectivity index (χ1) is 25.5. The fourth-order valence-corrected chi connectivity index (χ4v) is 5.84. The summed E-state index contributed by atoms with van der Waals surface area (Å²) in [6, 6.07) is 10.4. The Kier molecular flexibility index (Phi) is 12.5. The van der Waals surface area contributed by atoms with Crippen molar-refractivity contribution in [2.24, 2.45) is 5.73 Å². The maximum Gasteiger partial charge on any atom is 0.490 e. The molecule has 0 radical (unpaired) electrons. The first-order valence-electron chi connectivity index (χ1n) is 16.3. The van der Waals surface area contributed by atoms with Gasteiger partial charge in [-0.25, -0.2) is 18.8 Å². The number of amides is 1. The van der Waals surface area contributed by atoms with E-state index in [0.29, 0.717) is 29.9 Å². The number of nitrogens with zero attached hydrogens (tertiary/aromatic N) is 5. The summed E-state index contributed by atoms with van der Waals surface area (Å²) in [5, 5.41) is 26.6. The summed E-state index contributed by atoms with van der Waals surface area (Å²) in [7, 11) is 0. The van der Waals surface area contributed by atoms with Gasteiger partial charge in [-0.15, -0.1) is 0 Å². The molecule has 0 aliphatic carbocycles. The Bertz CT molecular complexity index is 2020. The number of hydrogen-bond donors (Lipinski definition) is 4. The Labute approximate surface area is 307 Å². The molecule has 0 spiro atoms. The largest absolute Gasteiger partial charge is 0.508 e. The van der Waals surface area contributed by atoms with Crippen molar-refractivity contribution in [2.75, 3.05) is 31.1 Å². The van der Waals surface area contributed by atoms with Gasteiger partial charge < -0.3 is 35.4 Å². The number of hydrogen-bond acceptors (Lipinski definition) is 11. The molecular weight excluding hydrogens is 753 g/mol. The highest BCUT2D eigenvalue weighted by molar-refractivity contribution is 6.00.